The summed E-state index contributed by atoms with van der Waals surface area (Å²) in [7, 11) is 0. The number of rotatable bonds is 2. The molecule has 0 saturated heterocycles. The second kappa shape index (κ2) is 5.17. The fourth-order valence-corrected chi connectivity index (χ4v) is 2.60. The van der Waals surface area contributed by atoms with Gasteiger partial charge in [-0.25, -0.2) is 0 Å². The van der Waals surface area contributed by atoms with Gasteiger partial charge in [-0.15, -0.1) is 0 Å². The number of anilines is 2. The molecule has 0 atom stereocenters. The van der Waals surface area contributed by atoms with Gasteiger partial charge in [-0.3, -0.25) is 4.79 Å². The minimum absolute atomic E-state index is 0.0424. The Kier molecular flexibility index (Phi) is 3.36. The molecule has 1 aliphatic rings. The van der Waals surface area contributed by atoms with E-state index in [0.717, 1.165) is 23.1 Å². The number of aromatic hydroxyl groups is 1. The molecule has 1 aliphatic heterocycles. The van der Waals surface area contributed by atoms with Crippen molar-refractivity contribution in [2.45, 2.75) is 6.42 Å². The van der Waals surface area contributed by atoms with Crippen LogP contribution >= 0.6 is 15.9 Å². The molecule has 2 aromatic carbocycles. The molecular formula is C15H13BrN2O2. The van der Waals surface area contributed by atoms with Gasteiger partial charge in [-0.05, 0) is 42.3 Å². The van der Waals surface area contributed by atoms with Crippen molar-refractivity contribution in [2.75, 3.05) is 17.2 Å². The van der Waals surface area contributed by atoms with Gasteiger partial charge < -0.3 is 15.7 Å². The van der Waals surface area contributed by atoms with Crippen molar-refractivity contribution in [1.29, 1.82) is 0 Å². The summed E-state index contributed by atoms with van der Waals surface area (Å²) in [6.07, 6.45) is 0.990. The molecule has 0 aromatic heterocycles. The number of phenolic OH excluding ortho intramolecular Hbond substituents is 1. The highest BCUT2D eigenvalue weighted by Gasteiger charge is 2.14. The van der Waals surface area contributed by atoms with E-state index in [4.69, 9.17) is 0 Å². The minimum atomic E-state index is -0.241. The maximum atomic E-state index is 12.2. The Balaban J connectivity index is 1.84. The Labute approximate surface area is 125 Å². The highest BCUT2D eigenvalue weighted by molar-refractivity contribution is 9.10. The first-order valence-electron chi connectivity index (χ1n) is 6.30. The molecule has 102 valence electrons. The second-order valence-electron chi connectivity index (χ2n) is 4.66. The van der Waals surface area contributed by atoms with Crippen LogP contribution in [-0.2, 0) is 6.42 Å². The number of hydrogen-bond acceptors (Lipinski definition) is 3. The third-order valence-electron chi connectivity index (χ3n) is 3.29. The molecule has 3 N–H and O–H groups in total. The van der Waals surface area contributed by atoms with Gasteiger partial charge in [0.2, 0.25) is 0 Å². The molecule has 0 bridgehead atoms. The van der Waals surface area contributed by atoms with E-state index >= 15 is 0 Å². The Morgan fingerprint density at radius 1 is 1.25 bits per heavy atom. The van der Waals surface area contributed by atoms with Gasteiger partial charge in [-0.2, -0.15) is 0 Å². The molecule has 1 heterocycles. The van der Waals surface area contributed by atoms with E-state index in [0.29, 0.717) is 11.3 Å². The van der Waals surface area contributed by atoms with Crippen LogP contribution in [0.3, 0.4) is 0 Å². The number of carbonyl (C=O) groups excluding carboxylic acids is 1. The molecule has 0 fully saturated rings. The van der Waals surface area contributed by atoms with E-state index in [1.165, 1.54) is 11.6 Å². The zero-order valence-electron chi connectivity index (χ0n) is 10.6. The van der Waals surface area contributed by atoms with Crippen molar-refractivity contribution < 1.29 is 9.90 Å². The van der Waals surface area contributed by atoms with Gasteiger partial charge in [0, 0.05) is 22.3 Å². The number of hydrogen-bond donors (Lipinski definition) is 3. The summed E-state index contributed by atoms with van der Waals surface area (Å²) in [5.74, 6) is -0.198. The van der Waals surface area contributed by atoms with Crippen LogP contribution in [0.25, 0.3) is 0 Å². The molecule has 2 aromatic rings. The third-order valence-corrected chi connectivity index (χ3v) is 3.78. The van der Waals surface area contributed by atoms with Crippen molar-refractivity contribution in [2.24, 2.45) is 0 Å². The summed E-state index contributed by atoms with van der Waals surface area (Å²) in [5.41, 5.74) is 3.19. The van der Waals surface area contributed by atoms with Gasteiger partial charge in [0.05, 0.1) is 5.69 Å². The number of halogens is 1. The molecule has 3 rings (SSSR count). The van der Waals surface area contributed by atoms with E-state index in [-0.39, 0.29) is 11.7 Å². The lowest BCUT2D eigenvalue weighted by Gasteiger charge is -2.09. The van der Waals surface area contributed by atoms with Crippen LogP contribution in [0.15, 0.2) is 40.9 Å². The summed E-state index contributed by atoms with van der Waals surface area (Å²) < 4.78 is 0.793. The minimum Gasteiger partial charge on any atom is -0.506 e. The zero-order chi connectivity index (χ0) is 14.1. The topological polar surface area (TPSA) is 61.4 Å². The van der Waals surface area contributed by atoms with Crippen molar-refractivity contribution in [1.82, 2.24) is 0 Å². The summed E-state index contributed by atoms with van der Waals surface area (Å²) in [6.45, 7) is 0.910. The van der Waals surface area contributed by atoms with Gasteiger partial charge in [0.1, 0.15) is 5.75 Å². The molecular weight excluding hydrogens is 320 g/mol. The first-order chi connectivity index (χ1) is 9.63. The van der Waals surface area contributed by atoms with Crippen LogP contribution in [0.4, 0.5) is 11.4 Å². The lowest BCUT2D eigenvalue weighted by Crippen LogP contribution is -2.12. The highest BCUT2D eigenvalue weighted by atomic mass is 79.9. The normalized spacial score (nSPS) is 12.7. The van der Waals surface area contributed by atoms with Crippen LogP contribution in [0.1, 0.15) is 15.9 Å². The number of phenols is 1. The van der Waals surface area contributed by atoms with E-state index in [1.807, 2.05) is 12.1 Å². The Morgan fingerprint density at radius 2 is 2.10 bits per heavy atom. The fraction of sp³-hybridized carbons (Fsp3) is 0.133. The molecule has 5 heteroatoms. The predicted molar refractivity (Wildman–Crippen MR) is 82.4 cm³/mol. The van der Waals surface area contributed by atoms with Crippen molar-refractivity contribution >= 4 is 33.2 Å². The SMILES string of the molecule is O=C(Nc1cc(Br)ccc1O)c1ccc2c(c1)NCC2. The van der Waals surface area contributed by atoms with E-state index in [2.05, 4.69) is 26.6 Å². The maximum Gasteiger partial charge on any atom is 0.255 e. The van der Waals surface area contributed by atoms with Crippen molar-refractivity contribution in [3.8, 4) is 5.75 Å². The molecule has 0 aliphatic carbocycles. The first kappa shape index (κ1) is 13.0. The van der Waals surface area contributed by atoms with Gasteiger partial charge in [0.25, 0.3) is 5.91 Å². The molecule has 0 saturated carbocycles. The van der Waals surface area contributed by atoms with Crippen LogP contribution in [0.5, 0.6) is 5.75 Å². The van der Waals surface area contributed by atoms with Crippen LogP contribution in [0, 0.1) is 0 Å². The van der Waals surface area contributed by atoms with Gasteiger partial charge in [0.15, 0.2) is 0 Å². The second-order valence-corrected chi connectivity index (χ2v) is 5.58. The lowest BCUT2D eigenvalue weighted by molar-refractivity contribution is 0.102. The quantitative estimate of drug-likeness (QED) is 0.739. The number of fused-ring (bicyclic) bond motifs is 1. The highest BCUT2D eigenvalue weighted by Crippen LogP contribution is 2.28. The lowest BCUT2D eigenvalue weighted by atomic mass is 10.1. The van der Waals surface area contributed by atoms with Crippen LogP contribution in [0.2, 0.25) is 0 Å². The number of carbonyl (C=O) groups is 1. The average Bonchev–Trinajstić information content (AvgIpc) is 2.90. The molecule has 0 unspecified atom stereocenters. The molecule has 0 radical (unpaired) electrons. The van der Waals surface area contributed by atoms with Gasteiger partial charge in [-0.1, -0.05) is 22.0 Å². The number of benzene rings is 2. The average molecular weight is 333 g/mol. The predicted octanol–water partition coefficient (Wildman–Crippen LogP) is 3.38. The Hall–Kier alpha value is -2.01. The number of nitrogens with one attached hydrogen (secondary N) is 2. The van der Waals surface area contributed by atoms with E-state index in [1.54, 1.807) is 18.2 Å². The summed E-state index contributed by atoms with van der Waals surface area (Å²) >= 11 is 3.31. The summed E-state index contributed by atoms with van der Waals surface area (Å²) in [5, 5.41) is 15.7. The van der Waals surface area contributed by atoms with Gasteiger partial charge >= 0.3 is 0 Å². The van der Waals surface area contributed by atoms with Crippen LogP contribution < -0.4 is 10.6 Å². The summed E-state index contributed by atoms with van der Waals surface area (Å²) in [6, 6.07) is 10.5. The largest absolute Gasteiger partial charge is 0.506 e. The van der Waals surface area contributed by atoms with E-state index in [9.17, 15) is 9.90 Å². The molecule has 1 amide bonds. The monoisotopic (exact) mass is 332 g/mol. The van der Waals surface area contributed by atoms with Crippen molar-refractivity contribution in [3.05, 3.63) is 52.0 Å². The smallest absolute Gasteiger partial charge is 0.255 e. The first-order valence-corrected chi connectivity index (χ1v) is 7.09. The molecule has 0 spiro atoms. The molecule has 20 heavy (non-hydrogen) atoms. The maximum absolute atomic E-state index is 12.2. The Bertz CT molecular complexity index is 686. The number of amides is 1. The van der Waals surface area contributed by atoms with Crippen molar-refractivity contribution in [3.63, 3.8) is 0 Å². The Morgan fingerprint density at radius 3 is 2.95 bits per heavy atom. The standard InChI is InChI=1S/C15H13BrN2O2/c16-11-3-4-14(19)13(8-11)18-15(20)10-2-1-9-5-6-17-12(9)7-10/h1-4,7-8,17,19H,5-6H2,(H,18,20). The van der Waals surface area contributed by atoms with E-state index < -0.39 is 0 Å². The molecule has 4 nitrogen and oxygen atoms in total. The zero-order valence-corrected chi connectivity index (χ0v) is 12.2. The summed E-state index contributed by atoms with van der Waals surface area (Å²) in [4.78, 5) is 12.2. The van der Waals surface area contributed by atoms with Crippen LogP contribution in [-0.4, -0.2) is 17.6 Å². The fourth-order valence-electron chi connectivity index (χ4n) is 2.23. The third kappa shape index (κ3) is 2.49.